The summed E-state index contributed by atoms with van der Waals surface area (Å²) in [6.45, 7) is 1.82. The molecule has 2 heterocycles. The van der Waals surface area contributed by atoms with Crippen LogP contribution in [0, 0.1) is 6.92 Å². The van der Waals surface area contributed by atoms with Gasteiger partial charge in [-0.05, 0) is 6.92 Å². The van der Waals surface area contributed by atoms with Crippen molar-refractivity contribution >= 4 is 0 Å². The first-order chi connectivity index (χ1) is 6.27. The van der Waals surface area contributed by atoms with E-state index in [9.17, 15) is 4.79 Å². The lowest BCUT2D eigenvalue weighted by Gasteiger charge is -2.01. The van der Waals surface area contributed by atoms with Gasteiger partial charge in [0.1, 0.15) is 18.0 Å². The summed E-state index contributed by atoms with van der Waals surface area (Å²) in [4.78, 5) is 14.0. The molecule has 2 aromatic heterocycles. The largest absolute Gasteiger partial charge is 0.347 e. The fraction of sp³-hybridized carbons (Fsp3) is 0.125. The highest BCUT2D eigenvalue weighted by Gasteiger charge is 2.00. The Kier molecular flexibility index (Phi) is 1.70. The second-order valence-electron chi connectivity index (χ2n) is 2.66. The van der Waals surface area contributed by atoms with Crippen LogP contribution in [0.2, 0.25) is 0 Å². The third-order valence-corrected chi connectivity index (χ3v) is 1.74. The van der Waals surface area contributed by atoms with Gasteiger partial charge in [-0.3, -0.25) is 9.36 Å². The molecular formula is C8H8N4O. The van der Waals surface area contributed by atoms with Gasteiger partial charge in [-0.1, -0.05) is 0 Å². The number of pyridine rings is 1. The molecule has 0 radical (unpaired) electrons. The standard InChI is InChI=1S/C8H8N4O/c1-6-11-10-5-12(6)8-4-7(13)2-3-9-8/h2-5H,1H3,(H,9,13). The molecule has 0 aliphatic rings. The summed E-state index contributed by atoms with van der Waals surface area (Å²) in [7, 11) is 0. The molecule has 0 spiro atoms. The smallest absolute Gasteiger partial charge is 0.183 e. The summed E-state index contributed by atoms with van der Waals surface area (Å²) < 4.78 is 1.71. The highest BCUT2D eigenvalue weighted by atomic mass is 16.1. The van der Waals surface area contributed by atoms with E-state index in [1.807, 2.05) is 6.92 Å². The van der Waals surface area contributed by atoms with E-state index in [0.717, 1.165) is 5.82 Å². The molecule has 0 atom stereocenters. The number of hydrogen-bond donors (Lipinski definition) is 1. The SMILES string of the molecule is Cc1nncn1-c1cc(=O)cc[nH]1. The maximum atomic E-state index is 11.0. The molecule has 2 aromatic rings. The molecule has 13 heavy (non-hydrogen) atoms. The van der Waals surface area contributed by atoms with E-state index in [0.29, 0.717) is 5.82 Å². The lowest BCUT2D eigenvalue weighted by atomic mass is 10.4. The van der Waals surface area contributed by atoms with Crippen LogP contribution in [0.15, 0.2) is 29.5 Å². The van der Waals surface area contributed by atoms with Crippen molar-refractivity contribution in [2.75, 3.05) is 0 Å². The predicted octanol–water partition coefficient (Wildman–Crippen LogP) is 0.264. The van der Waals surface area contributed by atoms with Crippen LogP contribution in [0.5, 0.6) is 0 Å². The highest BCUT2D eigenvalue weighted by molar-refractivity contribution is 5.22. The van der Waals surface area contributed by atoms with Crippen molar-refractivity contribution in [3.63, 3.8) is 0 Å². The van der Waals surface area contributed by atoms with E-state index in [1.54, 1.807) is 17.1 Å². The molecule has 5 heteroatoms. The van der Waals surface area contributed by atoms with Crippen molar-refractivity contribution in [1.29, 1.82) is 0 Å². The lowest BCUT2D eigenvalue weighted by molar-refractivity contribution is 0.929. The van der Waals surface area contributed by atoms with Gasteiger partial charge >= 0.3 is 0 Å². The maximum absolute atomic E-state index is 11.0. The number of H-pyrrole nitrogens is 1. The van der Waals surface area contributed by atoms with E-state index in [2.05, 4.69) is 15.2 Å². The van der Waals surface area contributed by atoms with Gasteiger partial charge < -0.3 is 4.98 Å². The number of rotatable bonds is 1. The average Bonchev–Trinajstić information content (AvgIpc) is 2.51. The molecule has 0 saturated carbocycles. The first-order valence-electron chi connectivity index (χ1n) is 3.83. The third kappa shape index (κ3) is 1.35. The number of nitrogens with one attached hydrogen (secondary N) is 1. The highest BCUT2D eigenvalue weighted by Crippen LogP contribution is 2.01. The van der Waals surface area contributed by atoms with Gasteiger partial charge in [0.25, 0.3) is 0 Å². The second kappa shape index (κ2) is 2.85. The van der Waals surface area contributed by atoms with Crippen LogP contribution in [-0.2, 0) is 0 Å². The number of aryl methyl sites for hydroxylation is 1. The van der Waals surface area contributed by atoms with Gasteiger partial charge in [0.15, 0.2) is 5.43 Å². The fourth-order valence-electron chi connectivity index (χ4n) is 1.10. The van der Waals surface area contributed by atoms with E-state index in [4.69, 9.17) is 0 Å². The molecule has 0 fully saturated rings. The molecule has 0 aliphatic carbocycles. The lowest BCUT2D eigenvalue weighted by Crippen LogP contribution is -2.04. The molecule has 66 valence electrons. The molecule has 0 aliphatic heterocycles. The summed E-state index contributed by atoms with van der Waals surface area (Å²) in [5.41, 5.74) is -0.0400. The van der Waals surface area contributed by atoms with Crippen LogP contribution in [0.4, 0.5) is 0 Å². The van der Waals surface area contributed by atoms with Gasteiger partial charge in [-0.15, -0.1) is 10.2 Å². The monoisotopic (exact) mass is 176 g/mol. The molecule has 0 saturated heterocycles. The molecule has 0 bridgehead atoms. The van der Waals surface area contributed by atoms with Crippen molar-refractivity contribution in [2.45, 2.75) is 6.92 Å². The first kappa shape index (κ1) is 7.72. The summed E-state index contributed by atoms with van der Waals surface area (Å²) in [6, 6.07) is 2.96. The number of nitrogens with zero attached hydrogens (tertiary/aromatic N) is 3. The van der Waals surface area contributed by atoms with Gasteiger partial charge in [0, 0.05) is 18.3 Å². The minimum Gasteiger partial charge on any atom is -0.347 e. The summed E-state index contributed by atoms with van der Waals surface area (Å²) in [5.74, 6) is 1.41. The Bertz CT molecular complexity index is 471. The van der Waals surface area contributed by atoms with E-state index in [1.165, 1.54) is 12.1 Å². The topological polar surface area (TPSA) is 63.6 Å². The van der Waals surface area contributed by atoms with Gasteiger partial charge in [0.2, 0.25) is 0 Å². The molecular weight excluding hydrogens is 168 g/mol. The van der Waals surface area contributed by atoms with Crippen LogP contribution in [0.1, 0.15) is 5.82 Å². The number of hydrogen-bond acceptors (Lipinski definition) is 3. The minimum absolute atomic E-state index is 0.0400. The molecule has 5 nitrogen and oxygen atoms in total. The third-order valence-electron chi connectivity index (χ3n) is 1.74. The van der Waals surface area contributed by atoms with E-state index < -0.39 is 0 Å². The van der Waals surface area contributed by atoms with Crippen molar-refractivity contribution in [3.05, 3.63) is 40.7 Å². The van der Waals surface area contributed by atoms with Gasteiger partial charge in [-0.2, -0.15) is 0 Å². The summed E-state index contributed by atoms with van der Waals surface area (Å²) in [6.07, 6.45) is 3.15. The Morgan fingerprint density at radius 3 is 3.00 bits per heavy atom. The molecule has 2 rings (SSSR count). The molecule has 0 aromatic carbocycles. The normalized spacial score (nSPS) is 10.2. The Labute approximate surface area is 74.1 Å². The van der Waals surface area contributed by atoms with Crippen LogP contribution in [0.25, 0.3) is 5.82 Å². The van der Waals surface area contributed by atoms with Crippen molar-refractivity contribution in [3.8, 4) is 5.82 Å². The van der Waals surface area contributed by atoms with Crippen LogP contribution >= 0.6 is 0 Å². The Morgan fingerprint density at radius 1 is 1.54 bits per heavy atom. The number of aromatic amines is 1. The molecule has 0 unspecified atom stereocenters. The Morgan fingerprint density at radius 2 is 2.38 bits per heavy atom. The average molecular weight is 176 g/mol. The van der Waals surface area contributed by atoms with Crippen LogP contribution < -0.4 is 5.43 Å². The zero-order chi connectivity index (χ0) is 9.26. The van der Waals surface area contributed by atoms with Crippen molar-refractivity contribution in [2.24, 2.45) is 0 Å². The molecule has 1 N–H and O–H groups in total. The van der Waals surface area contributed by atoms with Crippen LogP contribution in [-0.4, -0.2) is 19.7 Å². The first-order valence-corrected chi connectivity index (χ1v) is 3.83. The zero-order valence-corrected chi connectivity index (χ0v) is 7.06. The van der Waals surface area contributed by atoms with E-state index in [-0.39, 0.29) is 5.43 Å². The molecule has 0 amide bonds. The van der Waals surface area contributed by atoms with Gasteiger partial charge in [-0.25, -0.2) is 0 Å². The maximum Gasteiger partial charge on any atom is 0.183 e. The Balaban J connectivity index is 2.59. The minimum atomic E-state index is -0.0400. The zero-order valence-electron chi connectivity index (χ0n) is 7.06. The van der Waals surface area contributed by atoms with Crippen LogP contribution in [0.3, 0.4) is 0 Å². The number of aromatic nitrogens is 4. The van der Waals surface area contributed by atoms with Crippen molar-refractivity contribution in [1.82, 2.24) is 19.7 Å². The van der Waals surface area contributed by atoms with Gasteiger partial charge in [0.05, 0.1) is 0 Å². The van der Waals surface area contributed by atoms with Crippen molar-refractivity contribution < 1.29 is 0 Å². The Hall–Kier alpha value is -1.91. The van der Waals surface area contributed by atoms with E-state index >= 15 is 0 Å². The summed E-state index contributed by atoms with van der Waals surface area (Å²) >= 11 is 0. The summed E-state index contributed by atoms with van der Waals surface area (Å²) in [5, 5.41) is 7.53. The quantitative estimate of drug-likeness (QED) is 0.678. The predicted molar refractivity (Wildman–Crippen MR) is 46.7 cm³/mol. The second-order valence-corrected chi connectivity index (χ2v) is 2.66. The fourth-order valence-corrected chi connectivity index (χ4v) is 1.10.